The highest BCUT2D eigenvalue weighted by atomic mass is 32.2. The second-order valence-electron chi connectivity index (χ2n) is 10.2. The van der Waals surface area contributed by atoms with Crippen LogP contribution in [0.2, 0.25) is 0 Å². The lowest BCUT2D eigenvalue weighted by Crippen LogP contribution is -2.47. The van der Waals surface area contributed by atoms with Crippen LogP contribution in [0.4, 0.5) is 0 Å². The Morgan fingerprint density at radius 1 is 1.24 bits per heavy atom. The van der Waals surface area contributed by atoms with Crippen molar-refractivity contribution in [3.05, 3.63) is 0 Å². The first kappa shape index (κ1) is 27.0. The maximum atomic E-state index is 12.1. The second kappa shape index (κ2) is 12.7. The smallest absolute Gasteiger partial charge is 0.133 e. The van der Waals surface area contributed by atoms with Gasteiger partial charge in [0, 0.05) is 19.1 Å². The van der Waals surface area contributed by atoms with Crippen molar-refractivity contribution in [2.75, 3.05) is 12.9 Å². The summed E-state index contributed by atoms with van der Waals surface area (Å²) in [5.74, 6) is 3.55. The SMILES string of the molecule is CC.CCC1CCC2CC(=O)CCC2(C)C1CCC(C)(C)C(CC)CCOSC. The summed E-state index contributed by atoms with van der Waals surface area (Å²) in [7, 11) is 0. The largest absolute Gasteiger partial charge is 0.316 e. The molecular weight excluding hydrogens is 376 g/mol. The zero-order chi connectivity index (χ0) is 22.1. The molecule has 5 unspecified atom stereocenters. The van der Waals surface area contributed by atoms with Crippen molar-refractivity contribution in [2.45, 2.75) is 113 Å². The van der Waals surface area contributed by atoms with E-state index in [1.165, 1.54) is 57.0 Å². The number of hydrogen-bond acceptors (Lipinski definition) is 3. The minimum absolute atomic E-state index is 0.364. The van der Waals surface area contributed by atoms with E-state index in [4.69, 9.17) is 4.18 Å². The normalized spacial score (nSPS) is 30.9. The molecule has 0 amide bonds. The van der Waals surface area contributed by atoms with Gasteiger partial charge in [0.2, 0.25) is 0 Å². The van der Waals surface area contributed by atoms with E-state index in [1.807, 2.05) is 20.1 Å². The summed E-state index contributed by atoms with van der Waals surface area (Å²) in [5.41, 5.74) is 0.759. The molecule has 5 atom stereocenters. The molecule has 172 valence electrons. The van der Waals surface area contributed by atoms with Gasteiger partial charge in [0.05, 0.1) is 6.61 Å². The van der Waals surface area contributed by atoms with Gasteiger partial charge in [-0.3, -0.25) is 4.79 Å². The summed E-state index contributed by atoms with van der Waals surface area (Å²) in [6.45, 7) is 17.1. The van der Waals surface area contributed by atoms with Gasteiger partial charge in [-0.05, 0) is 85.1 Å². The van der Waals surface area contributed by atoms with E-state index < -0.39 is 0 Å². The van der Waals surface area contributed by atoms with E-state index >= 15 is 0 Å². The maximum absolute atomic E-state index is 12.1. The lowest BCUT2D eigenvalue weighted by Gasteiger charge is -2.54. The number of carbonyl (C=O) groups excluding carboxylic acids is 1. The molecule has 0 aliphatic heterocycles. The third-order valence-electron chi connectivity index (χ3n) is 8.54. The van der Waals surface area contributed by atoms with Crippen molar-refractivity contribution in [1.29, 1.82) is 0 Å². The monoisotopic (exact) mass is 426 g/mol. The van der Waals surface area contributed by atoms with Crippen LogP contribution in [0.3, 0.4) is 0 Å². The lowest BCUT2D eigenvalue weighted by atomic mass is 9.50. The standard InChI is InChI=1S/C24H44O2S.C2H6/c1-7-18-9-10-20-17-21(25)11-15-24(20,5)22(18)12-14-23(3,4)19(8-2)13-16-26-27-6;1-2/h18-20,22H,7-17H2,1-6H3;1-2H3. The number of rotatable bonds is 10. The molecule has 2 nitrogen and oxygen atoms in total. The van der Waals surface area contributed by atoms with Crippen LogP contribution in [0.1, 0.15) is 113 Å². The van der Waals surface area contributed by atoms with E-state index in [9.17, 15) is 4.79 Å². The Morgan fingerprint density at radius 2 is 1.93 bits per heavy atom. The molecule has 0 spiro atoms. The van der Waals surface area contributed by atoms with Gasteiger partial charge in [-0.2, -0.15) is 0 Å². The zero-order valence-electron chi connectivity index (χ0n) is 20.8. The van der Waals surface area contributed by atoms with Crippen molar-refractivity contribution in [3.63, 3.8) is 0 Å². The van der Waals surface area contributed by atoms with Gasteiger partial charge in [0.1, 0.15) is 5.78 Å². The fraction of sp³-hybridized carbons (Fsp3) is 0.962. The van der Waals surface area contributed by atoms with Crippen LogP contribution in [0.5, 0.6) is 0 Å². The number of fused-ring (bicyclic) bond motifs is 1. The number of hydrogen-bond donors (Lipinski definition) is 0. The van der Waals surface area contributed by atoms with E-state index in [1.54, 1.807) is 0 Å². The highest BCUT2D eigenvalue weighted by Gasteiger charge is 2.50. The highest BCUT2D eigenvalue weighted by molar-refractivity contribution is 7.93. The summed E-state index contributed by atoms with van der Waals surface area (Å²) in [6, 6.07) is 0. The Bertz CT molecular complexity index is 475. The molecule has 0 N–H and O–H groups in total. The van der Waals surface area contributed by atoms with Gasteiger partial charge in [-0.1, -0.05) is 61.3 Å². The second-order valence-corrected chi connectivity index (χ2v) is 10.8. The molecular formula is C26H50O2S. The van der Waals surface area contributed by atoms with Crippen LogP contribution in [-0.4, -0.2) is 18.6 Å². The van der Waals surface area contributed by atoms with Crippen molar-refractivity contribution in [1.82, 2.24) is 0 Å². The fourth-order valence-electron chi connectivity index (χ4n) is 6.50. The third-order valence-corrected chi connectivity index (χ3v) is 8.94. The molecule has 2 aliphatic carbocycles. The van der Waals surface area contributed by atoms with Gasteiger partial charge in [0.25, 0.3) is 0 Å². The molecule has 29 heavy (non-hydrogen) atoms. The Morgan fingerprint density at radius 3 is 2.52 bits per heavy atom. The van der Waals surface area contributed by atoms with Gasteiger partial charge in [0.15, 0.2) is 0 Å². The quantitative estimate of drug-likeness (QED) is 0.259. The van der Waals surface area contributed by atoms with Crippen LogP contribution in [-0.2, 0) is 8.98 Å². The maximum Gasteiger partial charge on any atom is 0.133 e. The Labute approximate surface area is 186 Å². The Balaban J connectivity index is 0.00000204. The summed E-state index contributed by atoms with van der Waals surface area (Å²) >= 11 is 1.49. The van der Waals surface area contributed by atoms with Crippen LogP contribution in [0.15, 0.2) is 0 Å². The molecule has 0 heterocycles. The first-order valence-corrected chi connectivity index (χ1v) is 13.6. The lowest BCUT2D eigenvalue weighted by molar-refractivity contribution is -0.130. The van der Waals surface area contributed by atoms with Crippen LogP contribution in [0, 0.1) is 34.5 Å². The number of carbonyl (C=O) groups is 1. The van der Waals surface area contributed by atoms with Gasteiger partial charge < -0.3 is 4.18 Å². The highest BCUT2D eigenvalue weighted by Crippen LogP contribution is 2.57. The predicted molar refractivity (Wildman–Crippen MR) is 129 cm³/mol. The van der Waals surface area contributed by atoms with Crippen molar-refractivity contribution >= 4 is 17.8 Å². The Hall–Kier alpha value is -0.0200. The number of ketones is 1. The molecule has 2 aliphatic rings. The van der Waals surface area contributed by atoms with Crippen LogP contribution < -0.4 is 0 Å². The minimum Gasteiger partial charge on any atom is -0.316 e. The van der Waals surface area contributed by atoms with Gasteiger partial charge in [-0.25, -0.2) is 0 Å². The number of Topliss-reactive ketones (excluding diaryl/α,β-unsaturated/α-hetero) is 1. The molecule has 0 aromatic rings. The molecule has 0 bridgehead atoms. The summed E-state index contributed by atoms with van der Waals surface area (Å²) in [6.07, 6.45) is 13.8. The molecule has 2 rings (SSSR count). The van der Waals surface area contributed by atoms with Crippen molar-refractivity contribution < 1.29 is 8.98 Å². The zero-order valence-corrected chi connectivity index (χ0v) is 21.6. The minimum atomic E-state index is 0.364. The van der Waals surface area contributed by atoms with E-state index in [2.05, 4.69) is 34.6 Å². The summed E-state index contributed by atoms with van der Waals surface area (Å²) in [4.78, 5) is 12.1. The first-order valence-electron chi connectivity index (χ1n) is 12.5. The molecule has 0 aromatic heterocycles. The molecule has 0 saturated heterocycles. The van der Waals surface area contributed by atoms with Gasteiger partial charge in [-0.15, -0.1) is 0 Å². The average molecular weight is 427 g/mol. The van der Waals surface area contributed by atoms with Crippen molar-refractivity contribution in [2.24, 2.45) is 34.5 Å². The Kier molecular flexibility index (Phi) is 11.9. The predicted octanol–water partition coefficient (Wildman–Crippen LogP) is 8.34. The molecule has 2 saturated carbocycles. The fourth-order valence-corrected chi connectivity index (χ4v) is 6.77. The van der Waals surface area contributed by atoms with Crippen LogP contribution >= 0.6 is 12.0 Å². The topological polar surface area (TPSA) is 26.3 Å². The van der Waals surface area contributed by atoms with Crippen LogP contribution in [0.25, 0.3) is 0 Å². The van der Waals surface area contributed by atoms with Crippen molar-refractivity contribution in [3.8, 4) is 0 Å². The third kappa shape index (κ3) is 6.99. The molecule has 0 aromatic carbocycles. The molecule has 0 radical (unpaired) electrons. The molecule has 2 fully saturated rings. The van der Waals surface area contributed by atoms with E-state index in [-0.39, 0.29) is 0 Å². The van der Waals surface area contributed by atoms with E-state index in [0.717, 1.165) is 43.6 Å². The first-order chi connectivity index (χ1) is 13.8. The average Bonchev–Trinajstić information content (AvgIpc) is 2.71. The summed E-state index contributed by atoms with van der Waals surface area (Å²) < 4.78 is 5.57. The molecule has 3 heteroatoms. The van der Waals surface area contributed by atoms with E-state index in [0.29, 0.717) is 22.5 Å². The van der Waals surface area contributed by atoms with Gasteiger partial charge >= 0.3 is 0 Å². The summed E-state index contributed by atoms with van der Waals surface area (Å²) in [5, 5.41) is 0.